The minimum Gasteiger partial charge on any atom is -0.497 e. The molecule has 3 aromatic rings. The smallest absolute Gasteiger partial charge is 0.222 e. The van der Waals surface area contributed by atoms with Crippen molar-refractivity contribution in [3.8, 4) is 34.1 Å². The molecule has 0 aromatic heterocycles. The lowest BCUT2D eigenvalue weighted by atomic mass is 9.95. The lowest BCUT2D eigenvalue weighted by Crippen LogP contribution is -2.48. The van der Waals surface area contributed by atoms with Crippen molar-refractivity contribution >= 4 is 23.2 Å². The lowest BCUT2D eigenvalue weighted by Gasteiger charge is -2.36. The molecule has 1 aliphatic carbocycles. The van der Waals surface area contributed by atoms with E-state index in [2.05, 4.69) is 27.7 Å². The molecule has 11 heteroatoms. The predicted octanol–water partition coefficient (Wildman–Crippen LogP) is 5.19. The van der Waals surface area contributed by atoms with E-state index >= 15 is 0 Å². The van der Waals surface area contributed by atoms with Crippen molar-refractivity contribution < 1.29 is 28.5 Å². The summed E-state index contributed by atoms with van der Waals surface area (Å²) in [4.78, 5) is 42.9. The summed E-state index contributed by atoms with van der Waals surface area (Å²) in [5.74, 6) is 2.40. The van der Waals surface area contributed by atoms with Gasteiger partial charge in [-0.1, -0.05) is 12.5 Å². The number of anilines is 2. The number of benzene rings is 2. The molecule has 2 aliphatic rings. The zero-order chi connectivity index (χ0) is 34.9. The van der Waals surface area contributed by atoms with Crippen molar-refractivity contribution in [3.05, 3.63) is 69.9 Å². The predicted molar refractivity (Wildman–Crippen MR) is 191 cm³/mol. The first-order valence-corrected chi connectivity index (χ1v) is 17.0. The second-order valence-corrected chi connectivity index (χ2v) is 12.4. The van der Waals surface area contributed by atoms with Gasteiger partial charge in [-0.2, -0.15) is 0 Å². The zero-order valence-corrected chi connectivity index (χ0v) is 29.2. The second-order valence-electron chi connectivity index (χ2n) is 12.4. The van der Waals surface area contributed by atoms with Crippen LogP contribution in [0.4, 0.5) is 11.4 Å². The molecule has 0 unspecified atom stereocenters. The number of nitrogens with zero attached hydrogens (tertiary/aromatic N) is 2. The molecule has 11 nitrogen and oxygen atoms in total. The average Bonchev–Trinajstić information content (AvgIpc) is 3.36. The maximum Gasteiger partial charge on any atom is 0.222 e. The van der Waals surface area contributed by atoms with Gasteiger partial charge in [0.1, 0.15) is 5.75 Å². The number of amides is 2. The Bertz CT molecular complexity index is 1690. The Morgan fingerprint density at radius 1 is 0.837 bits per heavy atom. The molecule has 0 bridgehead atoms. The molecule has 262 valence electrons. The number of carbonyl (C=O) groups is 2. The number of hydrogen-bond donors (Lipinski definition) is 2. The van der Waals surface area contributed by atoms with E-state index in [1.54, 1.807) is 40.6 Å². The van der Waals surface area contributed by atoms with Gasteiger partial charge >= 0.3 is 0 Å². The number of fused-ring (bicyclic) bond motifs is 3. The Balaban J connectivity index is 1.20. The molecular weight excluding hydrogens is 624 g/mol. The van der Waals surface area contributed by atoms with Crippen LogP contribution in [-0.2, 0) is 16.0 Å². The van der Waals surface area contributed by atoms with Crippen molar-refractivity contribution in [1.29, 1.82) is 0 Å². The molecule has 1 atom stereocenters. The number of hydrogen-bond acceptors (Lipinski definition) is 9. The summed E-state index contributed by atoms with van der Waals surface area (Å²) in [7, 11) is 6.39. The maximum atomic E-state index is 13.5. The van der Waals surface area contributed by atoms with Crippen LogP contribution in [0.1, 0.15) is 56.2 Å². The number of ether oxygens (including phenoxy) is 4. The van der Waals surface area contributed by atoms with Crippen LogP contribution in [0.2, 0.25) is 0 Å². The van der Waals surface area contributed by atoms with E-state index in [9.17, 15) is 14.4 Å². The second kappa shape index (κ2) is 16.5. The molecule has 3 aromatic carbocycles. The largest absolute Gasteiger partial charge is 0.497 e. The number of piperazine rings is 1. The first-order valence-electron chi connectivity index (χ1n) is 17.0. The molecule has 1 saturated heterocycles. The molecule has 2 amide bonds. The first kappa shape index (κ1) is 35.4. The summed E-state index contributed by atoms with van der Waals surface area (Å²) in [6.07, 6.45) is 4.23. The van der Waals surface area contributed by atoms with Crippen molar-refractivity contribution in [1.82, 2.24) is 10.2 Å². The number of nitrogens with one attached hydrogen (secondary N) is 2. The fourth-order valence-corrected chi connectivity index (χ4v) is 6.82. The molecule has 49 heavy (non-hydrogen) atoms. The van der Waals surface area contributed by atoms with Crippen LogP contribution in [0.25, 0.3) is 11.1 Å². The lowest BCUT2D eigenvalue weighted by molar-refractivity contribution is -0.131. The molecule has 1 aliphatic heterocycles. The summed E-state index contributed by atoms with van der Waals surface area (Å²) < 4.78 is 22.4. The number of aryl methyl sites for hydroxylation is 1. The summed E-state index contributed by atoms with van der Waals surface area (Å²) in [5.41, 5.74) is 4.76. The van der Waals surface area contributed by atoms with Gasteiger partial charge in [0, 0.05) is 57.3 Å². The van der Waals surface area contributed by atoms with E-state index in [0.717, 1.165) is 66.0 Å². The molecule has 5 rings (SSSR count). The Kier molecular flexibility index (Phi) is 11.9. The third kappa shape index (κ3) is 8.21. The third-order valence-electron chi connectivity index (χ3n) is 9.37. The highest BCUT2D eigenvalue weighted by molar-refractivity contribution is 5.84. The van der Waals surface area contributed by atoms with Crippen LogP contribution in [0.5, 0.6) is 23.0 Å². The summed E-state index contributed by atoms with van der Waals surface area (Å²) >= 11 is 0. The van der Waals surface area contributed by atoms with E-state index < -0.39 is 0 Å². The van der Waals surface area contributed by atoms with Gasteiger partial charge in [-0.15, -0.1) is 0 Å². The van der Waals surface area contributed by atoms with Gasteiger partial charge in [-0.25, -0.2) is 0 Å². The number of methoxy groups -OCH3 is 4. The van der Waals surface area contributed by atoms with Crippen LogP contribution in [0, 0.1) is 0 Å². The van der Waals surface area contributed by atoms with Crippen molar-refractivity contribution in [2.75, 3.05) is 71.4 Å². The Labute approximate surface area is 288 Å². The van der Waals surface area contributed by atoms with E-state index in [1.807, 2.05) is 29.2 Å². The third-order valence-corrected chi connectivity index (χ3v) is 9.37. The number of rotatable bonds is 13. The van der Waals surface area contributed by atoms with E-state index in [0.29, 0.717) is 61.8 Å². The first-order chi connectivity index (χ1) is 23.8. The fourth-order valence-electron chi connectivity index (χ4n) is 6.82. The highest BCUT2D eigenvalue weighted by atomic mass is 16.5. The highest BCUT2D eigenvalue weighted by Crippen LogP contribution is 2.50. The van der Waals surface area contributed by atoms with Gasteiger partial charge in [0.05, 0.1) is 40.2 Å². The van der Waals surface area contributed by atoms with E-state index in [1.165, 1.54) is 6.92 Å². The van der Waals surface area contributed by atoms with E-state index in [-0.39, 0.29) is 23.3 Å². The van der Waals surface area contributed by atoms with Crippen LogP contribution in [-0.4, -0.2) is 77.9 Å². The molecule has 1 heterocycles. The fraction of sp³-hybridized carbons (Fsp3) is 0.447. The van der Waals surface area contributed by atoms with Crippen LogP contribution >= 0.6 is 0 Å². The normalized spacial score (nSPS) is 15.3. The van der Waals surface area contributed by atoms with Gasteiger partial charge < -0.3 is 39.4 Å². The Morgan fingerprint density at radius 2 is 1.57 bits per heavy atom. The standard InChI is InChI=1S/C38H48N4O7/c1-25(43)40-31-16-10-26-23-34(47-3)37(48-4)38(49-5)36(26)29-15-17-32(33(44)24-30(29)31)39-18-8-6-7-9-35(45)42-21-19-41(20-22-42)27-11-13-28(46-2)14-12-27/h11-15,17,23-24,31H,6-10,16,18-22H2,1-5H3,(H,39,44)(H,40,43)/t31-/m0/s1. The monoisotopic (exact) mass is 672 g/mol. The minimum atomic E-state index is -0.363. The zero-order valence-electron chi connectivity index (χ0n) is 29.2. The summed E-state index contributed by atoms with van der Waals surface area (Å²) in [6.45, 7) is 5.13. The molecule has 0 spiro atoms. The quantitative estimate of drug-likeness (QED) is 0.237. The SMILES string of the molecule is COc1ccc(N2CCN(C(=O)CCCCCNc3ccc4c(cc3=O)[C@@H](NC(C)=O)CCc3cc(OC)c(OC)c(OC)c3-4)CC2)cc1. The average molecular weight is 673 g/mol. The van der Waals surface area contributed by atoms with Crippen molar-refractivity contribution in [2.24, 2.45) is 0 Å². The van der Waals surface area contributed by atoms with Crippen LogP contribution < -0.4 is 39.9 Å². The number of unbranched alkanes of at least 4 members (excludes halogenated alkanes) is 2. The Hall–Kier alpha value is -4.93. The van der Waals surface area contributed by atoms with Gasteiger partial charge in [0.2, 0.25) is 23.0 Å². The van der Waals surface area contributed by atoms with Gasteiger partial charge in [-0.3, -0.25) is 14.4 Å². The number of carbonyl (C=O) groups excluding carboxylic acids is 2. The van der Waals surface area contributed by atoms with Crippen molar-refractivity contribution in [3.63, 3.8) is 0 Å². The van der Waals surface area contributed by atoms with Gasteiger partial charge in [0.15, 0.2) is 11.5 Å². The van der Waals surface area contributed by atoms with Crippen LogP contribution in [0.3, 0.4) is 0 Å². The van der Waals surface area contributed by atoms with Gasteiger partial charge in [-0.05, 0) is 84.8 Å². The Morgan fingerprint density at radius 3 is 2.22 bits per heavy atom. The van der Waals surface area contributed by atoms with E-state index in [4.69, 9.17) is 18.9 Å². The maximum absolute atomic E-state index is 13.5. The summed E-state index contributed by atoms with van der Waals surface area (Å²) in [5, 5.41) is 6.36. The molecule has 0 radical (unpaired) electrons. The highest BCUT2D eigenvalue weighted by Gasteiger charge is 2.29. The van der Waals surface area contributed by atoms with Crippen LogP contribution in [0.15, 0.2) is 53.3 Å². The van der Waals surface area contributed by atoms with Gasteiger partial charge in [0.25, 0.3) is 0 Å². The minimum absolute atomic E-state index is 0.163. The molecule has 0 saturated carbocycles. The summed E-state index contributed by atoms with van der Waals surface area (Å²) in [6, 6.07) is 14.9. The molecule has 2 N–H and O–H groups in total. The topological polar surface area (TPSA) is 119 Å². The molecular formula is C38H48N4O7. The molecule has 1 fully saturated rings. The van der Waals surface area contributed by atoms with Crippen molar-refractivity contribution in [2.45, 2.75) is 51.5 Å².